The van der Waals surface area contributed by atoms with Crippen LogP contribution in [0.3, 0.4) is 0 Å². The van der Waals surface area contributed by atoms with Crippen molar-refractivity contribution in [2.24, 2.45) is 0 Å². The summed E-state index contributed by atoms with van der Waals surface area (Å²) in [7, 11) is -4.04. The first-order valence-electron chi connectivity index (χ1n) is 12.7. The number of rotatable bonds is 8. The maximum absolute atomic E-state index is 13.7. The van der Waals surface area contributed by atoms with E-state index in [1.165, 1.54) is 11.8 Å². The van der Waals surface area contributed by atoms with Gasteiger partial charge in [0.2, 0.25) is 5.91 Å². The maximum atomic E-state index is 13.7. The molecular formula is C29H33N3O4S2. The van der Waals surface area contributed by atoms with Crippen LogP contribution in [0.2, 0.25) is 0 Å². The minimum atomic E-state index is -4.04. The molecule has 200 valence electrons. The van der Waals surface area contributed by atoms with Crippen LogP contribution in [0.5, 0.6) is 0 Å². The molecule has 0 spiro atoms. The Hall–Kier alpha value is -3.30. The number of para-hydroxylation sites is 1. The average Bonchev–Trinajstić information content (AvgIpc) is 3.22. The van der Waals surface area contributed by atoms with Crippen molar-refractivity contribution in [1.82, 2.24) is 4.90 Å². The molecule has 38 heavy (non-hydrogen) atoms. The van der Waals surface area contributed by atoms with Gasteiger partial charge in [-0.3, -0.25) is 13.9 Å². The summed E-state index contributed by atoms with van der Waals surface area (Å²) in [5.41, 5.74) is 2.13. The Morgan fingerprint density at radius 3 is 2.16 bits per heavy atom. The van der Waals surface area contributed by atoms with Crippen molar-refractivity contribution in [3.8, 4) is 0 Å². The topological polar surface area (TPSA) is 86.8 Å². The van der Waals surface area contributed by atoms with Gasteiger partial charge in [-0.25, -0.2) is 8.42 Å². The van der Waals surface area contributed by atoms with Crippen LogP contribution in [-0.2, 0) is 14.8 Å². The van der Waals surface area contributed by atoms with E-state index in [1.807, 2.05) is 30.2 Å². The van der Waals surface area contributed by atoms with E-state index in [4.69, 9.17) is 0 Å². The van der Waals surface area contributed by atoms with E-state index in [-0.39, 0.29) is 10.8 Å². The van der Waals surface area contributed by atoms with Gasteiger partial charge in [0, 0.05) is 18.0 Å². The van der Waals surface area contributed by atoms with Crippen LogP contribution in [0.1, 0.15) is 41.6 Å². The van der Waals surface area contributed by atoms with Gasteiger partial charge in [-0.05, 0) is 74.6 Å². The van der Waals surface area contributed by atoms with Crippen LogP contribution >= 0.6 is 11.8 Å². The molecule has 3 aromatic carbocycles. The lowest BCUT2D eigenvalue weighted by atomic mass is 10.1. The van der Waals surface area contributed by atoms with Crippen molar-refractivity contribution < 1.29 is 18.0 Å². The van der Waals surface area contributed by atoms with Gasteiger partial charge >= 0.3 is 0 Å². The third-order valence-electron chi connectivity index (χ3n) is 6.58. The number of sulfonamides is 1. The molecule has 0 saturated carbocycles. The normalized spacial score (nSPS) is 14.0. The van der Waals surface area contributed by atoms with Crippen molar-refractivity contribution in [2.75, 3.05) is 35.5 Å². The molecule has 0 bridgehead atoms. The fraction of sp³-hybridized carbons (Fsp3) is 0.310. The number of likely N-dealkylation sites (tertiary alicyclic amines) is 1. The minimum absolute atomic E-state index is 0.0976. The second kappa shape index (κ2) is 12.5. The Morgan fingerprint density at radius 2 is 1.53 bits per heavy atom. The second-order valence-corrected chi connectivity index (χ2v) is 12.1. The van der Waals surface area contributed by atoms with E-state index in [9.17, 15) is 18.0 Å². The van der Waals surface area contributed by atoms with Crippen molar-refractivity contribution >= 4 is 45.0 Å². The predicted molar refractivity (Wildman–Crippen MR) is 153 cm³/mol. The standard InChI is InChI=1S/C29H33N3O4S2/c1-22-11-13-23(14-12-22)32(38(35,36)25-17-15-24(37-2)16-18-25)21-28(33)30-27-10-6-5-9-26(27)29(34)31-19-7-3-4-8-20-31/h5-6,9-18H,3-4,7-8,19-21H2,1-2H3,(H,30,33). The zero-order chi connectivity index (χ0) is 27.1. The first-order chi connectivity index (χ1) is 18.3. The fourth-order valence-corrected chi connectivity index (χ4v) is 6.27. The number of nitrogens with one attached hydrogen (secondary N) is 1. The zero-order valence-corrected chi connectivity index (χ0v) is 23.4. The largest absolute Gasteiger partial charge is 0.339 e. The molecule has 3 aromatic rings. The van der Waals surface area contributed by atoms with Crippen LogP contribution in [-0.4, -0.2) is 51.0 Å². The summed E-state index contributed by atoms with van der Waals surface area (Å²) >= 11 is 1.52. The molecule has 1 aliphatic heterocycles. The van der Waals surface area contributed by atoms with Crippen molar-refractivity contribution in [2.45, 2.75) is 42.4 Å². The summed E-state index contributed by atoms with van der Waals surface area (Å²) < 4.78 is 28.5. The molecule has 4 rings (SSSR count). The zero-order valence-electron chi connectivity index (χ0n) is 21.7. The molecule has 1 N–H and O–H groups in total. The molecule has 1 saturated heterocycles. The van der Waals surface area contributed by atoms with Gasteiger partial charge in [-0.15, -0.1) is 11.8 Å². The van der Waals surface area contributed by atoms with E-state index in [1.54, 1.807) is 60.7 Å². The van der Waals surface area contributed by atoms with Crippen LogP contribution in [0.25, 0.3) is 0 Å². The number of hydrogen-bond acceptors (Lipinski definition) is 5. The molecule has 1 heterocycles. The first-order valence-corrected chi connectivity index (χ1v) is 15.4. The second-order valence-electron chi connectivity index (χ2n) is 9.32. The number of anilines is 2. The molecule has 0 unspecified atom stereocenters. The molecule has 0 radical (unpaired) electrons. The maximum Gasteiger partial charge on any atom is 0.264 e. The lowest BCUT2D eigenvalue weighted by Gasteiger charge is -2.25. The van der Waals surface area contributed by atoms with Crippen LogP contribution < -0.4 is 9.62 Å². The summed E-state index contributed by atoms with van der Waals surface area (Å²) in [4.78, 5) is 29.5. The smallest absolute Gasteiger partial charge is 0.264 e. The van der Waals surface area contributed by atoms with Crippen LogP contribution in [0, 0.1) is 6.92 Å². The van der Waals surface area contributed by atoms with E-state index in [0.717, 1.165) is 40.4 Å². The van der Waals surface area contributed by atoms with Gasteiger partial charge < -0.3 is 10.2 Å². The summed E-state index contributed by atoms with van der Waals surface area (Å²) in [5.74, 6) is -0.661. The number of benzene rings is 3. The molecule has 9 heteroatoms. The van der Waals surface area contributed by atoms with Gasteiger partial charge in [0.1, 0.15) is 6.54 Å². The van der Waals surface area contributed by atoms with Crippen LogP contribution in [0.4, 0.5) is 11.4 Å². The van der Waals surface area contributed by atoms with Gasteiger partial charge in [-0.1, -0.05) is 42.7 Å². The Labute approximate surface area is 229 Å². The summed E-state index contributed by atoms with van der Waals surface area (Å²) in [5, 5.41) is 2.80. The van der Waals surface area contributed by atoms with Gasteiger partial charge in [0.25, 0.3) is 15.9 Å². The highest BCUT2D eigenvalue weighted by atomic mass is 32.2. The van der Waals surface area contributed by atoms with Crippen molar-refractivity contribution in [1.29, 1.82) is 0 Å². The third kappa shape index (κ3) is 6.57. The quantitative estimate of drug-likeness (QED) is 0.370. The van der Waals surface area contributed by atoms with E-state index < -0.39 is 22.5 Å². The van der Waals surface area contributed by atoms with E-state index in [0.29, 0.717) is 30.0 Å². The molecule has 0 atom stereocenters. The Kier molecular flexibility index (Phi) is 9.12. The molecule has 0 aromatic heterocycles. The minimum Gasteiger partial charge on any atom is -0.339 e. The Balaban J connectivity index is 1.60. The summed E-state index contributed by atoms with van der Waals surface area (Å²) in [6.45, 7) is 2.85. The number of carbonyl (C=O) groups is 2. The number of aryl methyl sites for hydroxylation is 1. The molecule has 0 aliphatic carbocycles. The third-order valence-corrected chi connectivity index (χ3v) is 9.11. The first kappa shape index (κ1) is 27.7. The van der Waals surface area contributed by atoms with Crippen LogP contribution in [0.15, 0.2) is 82.6 Å². The summed E-state index contributed by atoms with van der Waals surface area (Å²) in [6.07, 6.45) is 6.04. The molecule has 2 amide bonds. The summed E-state index contributed by atoms with van der Waals surface area (Å²) in [6, 6.07) is 20.5. The molecule has 1 aliphatic rings. The average molecular weight is 552 g/mol. The number of nitrogens with zero attached hydrogens (tertiary/aromatic N) is 2. The van der Waals surface area contributed by atoms with Gasteiger partial charge in [0.15, 0.2) is 0 Å². The number of carbonyl (C=O) groups excluding carboxylic acids is 2. The fourth-order valence-electron chi connectivity index (χ4n) is 4.44. The molecule has 1 fully saturated rings. The lowest BCUT2D eigenvalue weighted by Crippen LogP contribution is -2.38. The Morgan fingerprint density at radius 1 is 0.895 bits per heavy atom. The van der Waals surface area contributed by atoms with E-state index >= 15 is 0 Å². The Bertz CT molecular complexity index is 1370. The highest BCUT2D eigenvalue weighted by Gasteiger charge is 2.28. The lowest BCUT2D eigenvalue weighted by molar-refractivity contribution is -0.114. The van der Waals surface area contributed by atoms with Crippen molar-refractivity contribution in [3.05, 3.63) is 83.9 Å². The highest BCUT2D eigenvalue weighted by molar-refractivity contribution is 7.98. The monoisotopic (exact) mass is 551 g/mol. The number of hydrogen-bond donors (Lipinski definition) is 1. The molecule has 7 nitrogen and oxygen atoms in total. The van der Waals surface area contributed by atoms with Crippen molar-refractivity contribution in [3.63, 3.8) is 0 Å². The predicted octanol–water partition coefficient (Wildman–Crippen LogP) is 5.57. The number of amides is 2. The van der Waals surface area contributed by atoms with Gasteiger partial charge in [-0.2, -0.15) is 0 Å². The SMILES string of the molecule is CSc1ccc(S(=O)(=O)N(CC(=O)Nc2ccccc2C(=O)N2CCCCCC2)c2ccc(C)cc2)cc1. The molecular weight excluding hydrogens is 518 g/mol. The van der Waals surface area contributed by atoms with Gasteiger partial charge in [0.05, 0.1) is 21.8 Å². The van der Waals surface area contributed by atoms with E-state index in [2.05, 4.69) is 5.32 Å². The number of thioether (sulfide) groups is 1. The highest BCUT2D eigenvalue weighted by Crippen LogP contribution is 2.26.